The lowest BCUT2D eigenvalue weighted by Gasteiger charge is -2.38. The van der Waals surface area contributed by atoms with Crippen molar-refractivity contribution in [3.63, 3.8) is 0 Å². The second-order valence-corrected chi connectivity index (χ2v) is 6.84. The van der Waals surface area contributed by atoms with Gasteiger partial charge in [0, 0.05) is 25.0 Å². The average molecular weight is 290 g/mol. The van der Waals surface area contributed by atoms with Gasteiger partial charge in [-0.15, -0.1) is 0 Å². The fourth-order valence-corrected chi connectivity index (χ4v) is 2.86. The first-order valence-electron chi connectivity index (χ1n) is 7.57. The number of ether oxygens (including phenoxy) is 1. The number of hydrogen-bond donors (Lipinski definition) is 1. The zero-order valence-electron chi connectivity index (χ0n) is 13.4. The van der Waals surface area contributed by atoms with Crippen LogP contribution in [0.15, 0.2) is 24.3 Å². The molecular weight excluding hydrogens is 264 g/mol. The summed E-state index contributed by atoms with van der Waals surface area (Å²) in [5, 5.41) is 0. The lowest BCUT2D eigenvalue weighted by molar-refractivity contribution is 0.0186. The van der Waals surface area contributed by atoms with Crippen LogP contribution in [-0.2, 0) is 4.74 Å². The summed E-state index contributed by atoms with van der Waals surface area (Å²) in [7, 11) is 0. The van der Waals surface area contributed by atoms with E-state index in [-0.39, 0.29) is 12.1 Å². The Bertz CT molecular complexity index is 508. The Labute approximate surface area is 127 Å². The van der Waals surface area contributed by atoms with Crippen molar-refractivity contribution >= 4 is 6.09 Å². The molecule has 1 aromatic carbocycles. The van der Waals surface area contributed by atoms with Crippen molar-refractivity contribution < 1.29 is 9.53 Å². The fourth-order valence-electron chi connectivity index (χ4n) is 2.86. The van der Waals surface area contributed by atoms with Crippen LogP contribution in [0.2, 0.25) is 0 Å². The van der Waals surface area contributed by atoms with Crippen molar-refractivity contribution in [1.29, 1.82) is 0 Å². The molecule has 1 heterocycles. The Morgan fingerprint density at radius 3 is 2.57 bits per heavy atom. The third kappa shape index (κ3) is 3.97. The summed E-state index contributed by atoms with van der Waals surface area (Å²) in [6.45, 7) is 9.00. The smallest absolute Gasteiger partial charge is 0.410 e. The highest BCUT2D eigenvalue weighted by molar-refractivity contribution is 5.68. The largest absolute Gasteiger partial charge is 0.444 e. The molecule has 0 saturated carbocycles. The van der Waals surface area contributed by atoms with Crippen LogP contribution < -0.4 is 5.73 Å². The van der Waals surface area contributed by atoms with Gasteiger partial charge < -0.3 is 15.4 Å². The van der Waals surface area contributed by atoms with Crippen molar-refractivity contribution in [3.8, 4) is 0 Å². The standard InChI is InChI=1S/C17H26N2O2/c1-12-7-5-6-8-13(12)14-9-10-19(11-15(14)18)16(20)21-17(2,3)4/h5-8,14-15H,9-11,18H2,1-4H3/t14-,15-/m0/s1. The van der Waals surface area contributed by atoms with Crippen molar-refractivity contribution in [2.75, 3.05) is 13.1 Å². The van der Waals surface area contributed by atoms with E-state index in [1.807, 2.05) is 26.8 Å². The van der Waals surface area contributed by atoms with Gasteiger partial charge in [-0.3, -0.25) is 0 Å². The predicted molar refractivity (Wildman–Crippen MR) is 84.3 cm³/mol. The summed E-state index contributed by atoms with van der Waals surface area (Å²) in [6.07, 6.45) is 0.617. The maximum Gasteiger partial charge on any atom is 0.410 e. The summed E-state index contributed by atoms with van der Waals surface area (Å²) in [4.78, 5) is 13.8. The van der Waals surface area contributed by atoms with Crippen molar-refractivity contribution in [2.45, 2.75) is 51.7 Å². The minimum absolute atomic E-state index is 0.0487. The van der Waals surface area contributed by atoms with Gasteiger partial charge in [0.1, 0.15) is 5.60 Å². The molecule has 1 aliphatic rings. The van der Waals surface area contributed by atoms with Crippen LogP contribution in [0.25, 0.3) is 0 Å². The Morgan fingerprint density at radius 2 is 2.00 bits per heavy atom. The van der Waals surface area contributed by atoms with Gasteiger partial charge in [0.05, 0.1) is 0 Å². The van der Waals surface area contributed by atoms with E-state index in [1.165, 1.54) is 11.1 Å². The van der Waals surface area contributed by atoms with Gasteiger partial charge in [-0.2, -0.15) is 0 Å². The molecule has 0 bridgehead atoms. The van der Waals surface area contributed by atoms with E-state index in [9.17, 15) is 4.79 Å². The summed E-state index contributed by atoms with van der Waals surface area (Å²) in [5.41, 5.74) is 8.43. The molecule has 0 radical (unpaired) electrons. The molecule has 2 atom stereocenters. The summed E-state index contributed by atoms with van der Waals surface area (Å²) in [5.74, 6) is 0.310. The number of aryl methyl sites for hydroxylation is 1. The number of benzene rings is 1. The first kappa shape index (κ1) is 15.8. The number of hydrogen-bond acceptors (Lipinski definition) is 3. The van der Waals surface area contributed by atoms with Crippen LogP contribution in [-0.4, -0.2) is 35.7 Å². The highest BCUT2D eigenvalue weighted by Crippen LogP contribution is 2.30. The Kier molecular flexibility index (Phi) is 4.57. The van der Waals surface area contributed by atoms with Gasteiger partial charge in [-0.1, -0.05) is 24.3 Å². The Balaban J connectivity index is 2.03. The van der Waals surface area contributed by atoms with Crippen molar-refractivity contribution in [3.05, 3.63) is 35.4 Å². The van der Waals surface area contributed by atoms with Crippen molar-refractivity contribution in [1.82, 2.24) is 4.90 Å². The molecule has 2 N–H and O–H groups in total. The van der Waals surface area contributed by atoms with Gasteiger partial charge in [-0.05, 0) is 45.2 Å². The molecular formula is C17H26N2O2. The van der Waals surface area contributed by atoms with E-state index in [0.29, 0.717) is 19.0 Å². The normalized spacial score (nSPS) is 23.0. The van der Waals surface area contributed by atoms with E-state index in [4.69, 9.17) is 10.5 Å². The van der Waals surface area contributed by atoms with E-state index >= 15 is 0 Å². The van der Waals surface area contributed by atoms with Gasteiger partial charge in [-0.25, -0.2) is 4.79 Å². The molecule has 1 amide bonds. The lowest BCUT2D eigenvalue weighted by Crippen LogP contribution is -2.50. The number of nitrogens with two attached hydrogens (primary N) is 1. The molecule has 0 spiro atoms. The van der Waals surface area contributed by atoms with E-state index in [0.717, 1.165) is 6.42 Å². The van der Waals surface area contributed by atoms with Crippen molar-refractivity contribution in [2.24, 2.45) is 5.73 Å². The van der Waals surface area contributed by atoms with Crippen LogP contribution in [0, 0.1) is 6.92 Å². The predicted octanol–water partition coefficient (Wildman–Crippen LogP) is 3.05. The second-order valence-electron chi connectivity index (χ2n) is 6.84. The molecule has 4 nitrogen and oxygen atoms in total. The molecule has 0 aliphatic carbocycles. The third-order valence-corrected chi connectivity index (χ3v) is 3.90. The quantitative estimate of drug-likeness (QED) is 0.865. The van der Waals surface area contributed by atoms with Crippen LogP contribution in [0.4, 0.5) is 4.79 Å². The van der Waals surface area contributed by atoms with E-state index in [2.05, 4.69) is 25.1 Å². The number of carbonyl (C=O) groups is 1. The minimum Gasteiger partial charge on any atom is -0.444 e. The van der Waals surface area contributed by atoms with Crippen LogP contribution in [0.3, 0.4) is 0 Å². The summed E-state index contributed by atoms with van der Waals surface area (Å²) in [6, 6.07) is 8.30. The number of likely N-dealkylation sites (tertiary alicyclic amines) is 1. The Morgan fingerprint density at radius 1 is 1.33 bits per heavy atom. The topological polar surface area (TPSA) is 55.6 Å². The second kappa shape index (κ2) is 6.06. The monoisotopic (exact) mass is 290 g/mol. The molecule has 2 rings (SSSR count). The number of rotatable bonds is 1. The molecule has 1 aromatic rings. The first-order chi connectivity index (χ1) is 9.78. The van der Waals surface area contributed by atoms with Gasteiger partial charge >= 0.3 is 6.09 Å². The number of piperidine rings is 1. The molecule has 1 aliphatic heterocycles. The number of nitrogens with zero attached hydrogens (tertiary/aromatic N) is 1. The number of carbonyl (C=O) groups excluding carboxylic acids is 1. The zero-order valence-corrected chi connectivity index (χ0v) is 13.4. The molecule has 1 saturated heterocycles. The van der Waals surface area contributed by atoms with E-state index in [1.54, 1.807) is 4.90 Å². The summed E-state index contributed by atoms with van der Waals surface area (Å²) < 4.78 is 5.42. The van der Waals surface area contributed by atoms with E-state index < -0.39 is 5.60 Å². The molecule has 21 heavy (non-hydrogen) atoms. The van der Waals surface area contributed by atoms with Crippen LogP contribution in [0.1, 0.15) is 44.2 Å². The maximum atomic E-state index is 12.1. The number of amides is 1. The molecule has 0 aromatic heterocycles. The molecule has 4 heteroatoms. The zero-order chi connectivity index (χ0) is 15.6. The maximum absolute atomic E-state index is 12.1. The third-order valence-electron chi connectivity index (χ3n) is 3.90. The van der Waals surface area contributed by atoms with Gasteiger partial charge in [0.15, 0.2) is 0 Å². The minimum atomic E-state index is -0.464. The lowest BCUT2D eigenvalue weighted by atomic mass is 9.84. The molecule has 1 fully saturated rings. The molecule has 116 valence electrons. The molecule has 0 unspecified atom stereocenters. The average Bonchev–Trinajstić information content (AvgIpc) is 2.38. The summed E-state index contributed by atoms with van der Waals surface area (Å²) >= 11 is 0. The Hall–Kier alpha value is -1.55. The SMILES string of the molecule is Cc1ccccc1[C@@H]1CCN(C(=O)OC(C)(C)C)C[C@@H]1N. The highest BCUT2D eigenvalue weighted by Gasteiger charge is 2.32. The van der Waals surface area contributed by atoms with Crippen LogP contribution >= 0.6 is 0 Å². The fraction of sp³-hybridized carbons (Fsp3) is 0.588. The first-order valence-corrected chi connectivity index (χ1v) is 7.57. The van der Waals surface area contributed by atoms with Gasteiger partial charge in [0.2, 0.25) is 0 Å². The van der Waals surface area contributed by atoms with Crippen LogP contribution in [0.5, 0.6) is 0 Å². The van der Waals surface area contributed by atoms with Gasteiger partial charge in [0.25, 0.3) is 0 Å². The highest BCUT2D eigenvalue weighted by atomic mass is 16.6.